The van der Waals surface area contributed by atoms with Gasteiger partial charge in [-0.3, -0.25) is 4.79 Å². The minimum atomic E-state index is -6.32. The highest BCUT2D eigenvalue weighted by Crippen LogP contribution is 2.47. The van der Waals surface area contributed by atoms with Gasteiger partial charge in [0.15, 0.2) is 0 Å². The average molecular weight is 443 g/mol. The Labute approximate surface area is 160 Å². The molecule has 0 saturated carbocycles. The number of halogens is 6. The molecule has 168 valence electrons. The summed E-state index contributed by atoms with van der Waals surface area (Å²) in [6.45, 7) is 2.07. The van der Waals surface area contributed by atoms with E-state index in [1.807, 2.05) is 0 Å². The zero-order valence-corrected chi connectivity index (χ0v) is 16.3. The Hall–Kier alpha value is -1.04. The summed E-state index contributed by atoms with van der Waals surface area (Å²) in [6.07, 6.45) is -6.27. The maximum absolute atomic E-state index is 13.0. The fourth-order valence-corrected chi connectivity index (χ4v) is 3.43. The number of ether oxygens (including phenoxy) is 1. The highest BCUT2D eigenvalue weighted by Gasteiger charge is 2.75. The monoisotopic (exact) mass is 443 g/mol. The van der Waals surface area contributed by atoms with Crippen LogP contribution in [0, 0.1) is 0 Å². The summed E-state index contributed by atoms with van der Waals surface area (Å²) in [7, 11) is -6.00. The van der Waals surface area contributed by atoms with Crippen LogP contribution < -0.4 is 0 Å². The van der Waals surface area contributed by atoms with Gasteiger partial charge in [-0.2, -0.15) is 26.3 Å². The summed E-state index contributed by atoms with van der Waals surface area (Å²) in [6, 6.07) is 0. The molecule has 0 aliphatic carbocycles. The van der Waals surface area contributed by atoms with Crippen molar-refractivity contribution in [1.29, 1.82) is 0 Å². The fraction of sp³-hybridized carbons (Fsp3) is 0.938. The van der Waals surface area contributed by atoms with Crippen molar-refractivity contribution in [3.05, 3.63) is 0 Å². The van der Waals surface area contributed by atoms with Crippen LogP contribution >= 0.6 is 0 Å². The Morgan fingerprint density at radius 3 is 1.57 bits per heavy atom. The Kier molecular flexibility index (Phi) is 10.8. The molecular weight excluding hydrogens is 418 g/mol. The molecule has 0 fully saturated rings. The number of unbranched alkanes of at least 4 members (excludes halogenated alkanes) is 8. The molecule has 0 aromatic carbocycles. The predicted octanol–water partition coefficient (Wildman–Crippen LogP) is 4.86. The first kappa shape index (κ1) is 27.0. The molecular formula is C16H25F6O5S-. The highest BCUT2D eigenvalue weighted by molar-refractivity contribution is 7.85. The molecule has 28 heavy (non-hydrogen) atoms. The molecule has 0 aromatic heterocycles. The van der Waals surface area contributed by atoms with Crippen LogP contribution in [0.2, 0.25) is 0 Å². The van der Waals surface area contributed by atoms with Crippen molar-refractivity contribution in [3.8, 4) is 0 Å². The summed E-state index contributed by atoms with van der Waals surface area (Å²) >= 11 is 0. The molecule has 0 atom stereocenters. The van der Waals surface area contributed by atoms with Gasteiger partial charge in [0.25, 0.3) is 0 Å². The Morgan fingerprint density at radius 1 is 0.821 bits per heavy atom. The molecule has 0 unspecified atom stereocenters. The van der Waals surface area contributed by atoms with Crippen LogP contribution in [0.4, 0.5) is 26.3 Å². The molecule has 0 heterocycles. The lowest BCUT2D eigenvalue weighted by molar-refractivity contribution is -0.361. The highest BCUT2D eigenvalue weighted by atomic mass is 32.2. The van der Waals surface area contributed by atoms with Gasteiger partial charge in [-0.1, -0.05) is 58.3 Å². The van der Waals surface area contributed by atoms with Crippen LogP contribution in [0.15, 0.2) is 0 Å². The zero-order valence-electron chi connectivity index (χ0n) is 15.5. The number of carbonyl (C=O) groups excluding carboxylic acids is 1. The maximum atomic E-state index is 13.0. The fourth-order valence-electron chi connectivity index (χ4n) is 2.54. The Bertz CT molecular complexity index is 557. The van der Waals surface area contributed by atoms with E-state index in [1.54, 1.807) is 0 Å². The number of esters is 1. The maximum Gasteiger partial charge on any atom is 0.438 e. The van der Waals surface area contributed by atoms with Crippen molar-refractivity contribution in [2.45, 2.75) is 89.1 Å². The normalized spacial score (nSPS) is 13.6. The first-order valence-electron chi connectivity index (χ1n) is 8.95. The number of carbonyl (C=O) groups is 1. The topological polar surface area (TPSA) is 83.5 Å². The smallest absolute Gasteiger partial charge is 0.438 e. The van der Waals surface area contributed by atoms with E-state index in [9.17, 15) is 44.1 Å². The molecule has 0 rings (SSSR count). The SMILES string of the molecule is CCCCCCCCCCCC(=O)OC(CS(=O)(=O)[O-])(C(F)(F)F)C(F)(F)F. The van der Waals surface area contributed by atoms with Crippen LogP contribution in [0.3, 0.4) is 0 Å². The van der Waals surface area contributed by atoms with Gasteiger partial charge < -0.3 is 9.29 Å². The van der Waals surface area contributed by atoms with Gasteiger partial charge in [-0.05, 0) is 6.42 Å². The van der Waals surface area contributed by atoms with Crippen molar-refractivity contribution in [3.63, 3.8) is 0 Å². The largest absolute Gasteiger partial charge is 0.748 e. The van der Waals surface area contributed by atoms with E-state index in [4.69, 9.17) is 0 Å². The van der Waals surface area contributed by atoms with E-state index in [2.05, 4.69) is 11.7 Å². The van der Waals surface area contributed by atoms with Gasteiger partial charge in [-0.15, -0.1) is 0 Å². The third kappa shape index (κ3) is 9.44. The molecule has 0 amide bonds. The molecule has 0 saturated heterocycles. The number of hydrogen-bond acceptors (Lipinski definition) is 5. The molecule has 12 heteroatoms. The standard InChI is InChI=1S/C16H26F6O5S/c1-2-3-4-5-6-7-8-9-10-11-13(23)27-14(15(17,18)19,16(20,21)22)12-28(24,25)26/h2-12H2,1H3,(H,24,25,26)/p-1. The van der Waals surface area contributed by atoms with Crippen LogP contribution in [0.5, 0.6) is 0 Å². The minimum absolute atomic E-state index is 0.0102. The second-order valence-electron chi connectivity index (χ2n) is 6.58. The second-order valence-corrected chi connectivity index (χ2v) is 7.98. The lowest BCUT2D eigenvalue weighted by Gasteiger charge is -2.36. The van der Waals surface area contributed by atoms with Crippen molar-refractivity contribution < 1.29 is 48.8 Å². The summed E-state index contributed by atoms with van der Waals surface area (Å²) in [5.41, 5.74) is -5.38. The number of hydrogen-bond donors (Lipinski definition) is 0. The lowest BCUT2D eigenvalue weighted by Crippen LogP contribution is -2.63. The van der Waals surface area contributed by atoms with Crippen LogP contribution in [-0.2, 0) is 19.6 Å². The van der Waals surface area contributed by atoms with Gasteiger partial charge in [0.2, 0.25) is 0 Å². The molecule has 0 N–H and O–H groups in total. The van der Waals surface area contributed by atoms with Gasteiger partial charge in [0.1, 0.15) is 0 Å². The summed E-state index contributed by atoms with van der Waals surface area (Å²) in [5.74, 6) is -4.82. The lowest BCUT2D eigenvalue weighted by atomic mass is 10.0. The van der Waals surface area contributed by atoms with E-state index in [-0.39, 0.29) is 6.42 Å². The van der Waals surface area contributed by atoms with Crippen LogP contribution in [0.1, 0.15) is 71.1 Å². The van der Waals surface area contributed by atoms with Crippen molar-refractivity contribution in [2.75, 3.05) is 5.75 Å². The van der Waals surface area contributed by atoms with E-state index in [0.29, 0.717) is 12.8 Å². The third-order valence-electron chi connectivity index (χ3n) is 4.07. The van der Waals surface area contributed by atoms with E-state index >= 15 is 0 Å². The molecule has 5 nitrogen and oxygen atoms in total. The summed E-state index contributed by atoms with van der Waals surface area (Å²) < 4.78 is 113. The van der Waals surface area contributed by atoms with E-state index < -0.39 is 46.2 Å². The zero-order chi connectivity index (χ0) is 22.1. The number of alkyl halides is 6. The number of rotatable bonds is 13. The Morgan fingerprint density at radius 2 is 1.21 bits per heavy atom. The molecule has 0 bridgehead atoms. The second kappa shape index (κ2) is 11.2. The van der Waals surface area contributed by atoms with Gasteiger partial charge >= 0.3 is 23.9 Å². The van der Waals surface area contributed by atoms with Gasteiger partial charge in [-0.25, -0.2) is 8.42 Å². The molecule has 0 aliphatic rings. The van der Waals surface area contributed by atoms with Crippen molar-refractivity contribution >= 4 is 16.1 Å². The van der Waals surface area contributed by atoms with Gasteiger partial charge in [0, 0.05) is 6.42 Å². The van der Waals surface area contributed by atoms with E-state index in [0.717, 1.165) is 38.5 Å². The molecule has 0 radical (unpaired) electrons. The Balaban J connectivity index is 4.74. The molecule has 0 aromatic rings. The first-order valence-corrected chi connectivity index (χ1v) is 10.5. The summed E-state index contributed by atoms with van der Waals surface area (Å²) in [5, 5.41) is 0. The van der Waals surface area contributed by atoms with Crippen molar-refractivity contribution in [1.82, 2.24) is 0 Å². The van der Waals surface area contributed by atoms with Crippen molar-refractivity contribution in [2.24, 2.45) is 0 Å². The first-order chi connectivity index (χ1) is 12.7. The molecule has 0 spiro atoms. The van der Waals surface area contributed by atoms with E-state index in [1.165, 1.54) is 0 Å². The quantitative estimate of drug-likeness (QED) is 0.176. The predicted molar refractivity (Wildman–Crippen MR) is 87.3 cm³/mol. The summed E-state index contributed by atoms with van der Waals surface area (Å²) in [4.78, 5) is 11.5. The average Bonchev–Trinajstić information content (AvgIpc) is 2.49. The third-order valence-corrected chi connectivity index (χ3v) is 4.83. The minimum Gasteiger partial charge on any atom is -0.748 e. The van der Waals surface area contributed by atoms with Gasteiger partial charge in [0.05, 0.1) is 15.9 Å². The van der Waals surface area contributed by atoms with Crippen LogP contribution in [0.25, 0.3) is 0 Å². The van der Waals surface area contributed by atoms with Crippen LogP contribution in [-0.4, -0.2) is 42.6 Å². The molecule has 0 aliphatic heterocycles.